The van der Waals surface area contributed by atoms with Gasteiger partial charge in [0.05, 0.1) is 0 Å². The molecule has 2 heterocycles. The minimum atomic E-state index is 0.402. The zero-order chi connectivity index (χ0) is 14.5. The van der Waals surface area contributed by atoms with E-state index in [4.69, 9.17) is 0 Å². The summed E-state index contributed by atoms with van der Waals surface area (Å²) in [7, 11) is 0. The summed E-state index contributed by atoms with van der Waals surface area (Å²) in [4.78, 5) is 7.33. The standard InChI is InChI=1S/C18H17NSSe/c1-14-10-11-17(20-14)16(15-7-3-2-4-8-15)13-21-18-9-5-6-12-19-18/h2-12,16H,13H2,1H3/t16-/m0/s1. The number of pyridine rings is 1. The predicted octanol–water partition coefficient (Wildman–Crippen LogP) is 4.03. The Morgan fingerprint density at radius 2 is 1.81 bits per heavy atom. The van der Waals surface area contributed by atoms with E-state index in [2.05, 4.69) is 66.5 Å². The van der Waals surface area contributed by atoms with Gasteiger partial charge in [0.15, 0.2) is 0 Å². The van der Waals surface area contributed by atoms with Crippen LogP contribution in [-0.2, 0) is 0 Å². The summed E-state index contributed by atoms with van der Waals surface area (Å²) in [6, 6.07) is 21.6. The van der Waals surface area contributed by atoms with E-state index in [0.717, 1.165) is 5.32 Å². The van der Waals surface area contributed by atoms with Crippen LogP contribution in [0.15, 0.2) is 66.9 Å². The van der Waals surface area contributed by atoms with Gasteiger partial charge in [0.2, 0.25) is 0 Å². The Balaban J connectivity index is 1.83. The molecule has 0 aliphatic heterocycles. The van der Waals surface area contributed by atoms with Crippen LogP contribution in [0.2, 0.25) is 5.32 Å². The van der Waals surface area contributed by atoms with Crippen molar-refractivity contribution in [1.82, 2.24) is 4.98 Å². The Morgan fingerprint density at radius 1 is 1.00 bits per heavy atom. The number of thiophene rings is 1. The summed E-state index contributed by atoms with van der Waals surface area (Å²) in [6.07, 6.45) is 1.89. The van der Waals surface area contributed by atoms with Crippen molar-refractivity contribution in [3.8, 4) is 0 Å². The number of rotatable bonds is 5. The van der Waals surface area contributed by atoms with Gasteiger partial charge in [-0.2, -0.15) is 0 Å². The van der Waals surface area contributed by atoms with Crippen molar-refractivity contribution in [3.63, 3.8) is 0 Å². The van der Waals surface area contributed by atoms with E-state index in [1.54, 1.807) is 0 Å². The van der Waals surface area contributed by atoms with Crippen molar-refractivity contribution < 1.29 is 0 Å². The van der Waals surface area contributed by atoms with Crippen LogP contribution in [0.3, 0.4) is 0 Å². The summed E-state index contributed by atoms with van der Waals surface area (Å²) in [5, 5.41) is 1.16. The molecule has 1 atom stereocenters. The third-order valence-corrected chi connectivity index (χ3v) is 6.63. The number of nitrogens with zero attached hydrogens (tertiary/aromatic N) is 1. The summed E-state index contributed by atoms with van der Waals surface area (Å²) in [5.74, 6) is 0.493. The summed E-state index contributed by atoms with van der Waals surface area (Å²) >= 11 is 2.32. The topological polar surface area (TPSA) is 12.9 Å². The molecule has 3 aromatic rings. The Labute approximate surface area is 136 Å². The second kappa shape index (κ2) is 7.04. The van der Waals surface area contributed by atoms with Crippen LogP contribution >= 0.6 is 11.3 Å². The van der Waals surface area contributed by atoms with Crippen molar-refractivity contribution in [2.75, 3.05) is 0 Å². The molecule has 0 bridgehead atoms. The Bertz CT molecular complexity index is 679. The fraction of sp³-hybridized carbons (Fsp3) is 0.167. The SMILES string of the molecule is Cc1ccc([C@@H](C[Se]c2ccccn2)c2ccccc2)s1. The maximum atomic E-state index is 4.47. The molecule has 0 N–H and O–H groups in total. The monoisotopic (exact) mass is 359 g/mol. The molecular weight excluding hydrogens is 341 g/mol. The molecule has 0 fully saturated rings. The van der Waals surface area contributed by atoms with Gasteiger partial charge in [0.1, 0.15) is 0 Å². The minimum absolute atomic E-state index is 0.402. The number of aryl methyl sites for hydroxylation is 1. The maximum absolute atomic E-state index is 4.47. The van der Waals surface area contributed by atoms with E-state index in [9.17, 15) is 0 Å². The average Bonchev–Trinajstić information content (AvgIpc) is 2.96. The summed E-state index contributed by atoms with van der Waals surface area (Å²) < 4.78 is 1.24. The van der Waals surface area contributed by atoms with Gasteiger partial charge in [-0.25, -0.2) is 0 Å². The van der Waals surface area contributed by atoms with Crippen LogP contribution in [0, 0.1) is 6.92 Å². The normalized spacial score (nSPS) is 12.2. The second-order valence-electron chi connectivity index (χ2n) is 4.89. The molecule has 21 heavy (non-hydrogen) atoms. The van der Waals surface area contributed by atoms with Gasteiger partial charge >= 0.3 is 136 Å². The zero-order valence-corrected chi connectivity index (χ0v) is 14.4. The van der Waals surface area contributed by atoms with Crippen LogP contribution in [-0.4, -0.2) is 19.9 Å². The Hall–Kier alpha value is -1.41. The molecule has 2 aromatic heterocycles. The molecule has 0 radical (unpaired) electrons. The number of benzene rings is 1. The van der Waals surface area contributed by atoms with Gasteiger partial charge in [-0.05, 0) is 0 Å². The summed E-state index contributed by atoms with van der Waals surface area (Å²) in [5.41, 5.74) is 1.41. The molecule has 0 spiro atoms. The molecular formula is C18H17NSSe. The molecule has 106 valence electrons. The third kappa shape index (κ3) is 3.82. The van der Waals surface area contributed by atoms with Gasteiger partial charge in [-0.1, -0.05) is 0 Å². The van der Waals surface area contributed by atoms with Crippen LogP contribution in [0.25, 0.3) is 0 Å². The number of aromatic nitrogens is 1. The van der Waals surface area contributed by atoms with Gasteiger partial charge in [0, 0.05) is 0 Å². The van der Waals surface area contributed by atoms with E-state index in [1.807, 2.05) is 23.6 Å². The van der Waals surface area contributed by atoms with Gasteiger partial charge < -0.3 is 0 Å². The Morgan fingerprint density at radius 3 is 2.48 bits per heavy atom. The van der Waals surface area contributed by atoms with Crippen LogP contribution in [0.1, 0.15) is 21.2 Å². The zero-order valence-electron chi connectivity index (χ0n) is 11.9. The molecule has 0 amide bonds. The molecule has 3 heteroatoms. The van der Waals surface area contributed by atoms with E-state index >= 15 is 0 Å². The molecule has 0 aliphatic rings. The molecule has 1 nitrogen and oxygen atoms in total. The number of hydrogen-bond donors (Lipinski definition) is 0. The Kier molecular flexibility index (Phi) is 4.87. The average molecular weight is 358 g/mol. The van der Waals surface area contributed by atoms with Crippen LogP contribution in [0.5, 0.6) is 0 Å². The van der Waals surface area contributed by atoms with E-state index in [0.29, 0.717) is 20.9 Å². The molecule has 0 saturated carbocycles. The molecule has 0 saturated heterocycles. The van der Waals surface area contributed by atoms with Crippen LogP contribution < -0.4 is 4.59 Å². The first-order valence-electron chi connectivity index (χ1n) is 6.98. The first-order chi connectivity index (χ1) is 10.3. The third-order valence-electron chi connectivity index (χ3n) is 3.34. The van der Waals surface area contributed by atoms with Crippen LogP contribution in [0.4, 0.5) is 0 Å². The van der Waals surface area contributed by atoms with Gasteiger partial charge in [-0.3, -0.25) is 0 Å². The molecule has 3 rings (SSSR count). The van der Waals surface area contributed by atoms with E-state index < -0.39 is 0 Å². The van der Waals surface area contributed by atoms with E-state index in [-0.39, 0.29) is 0 Å². The van der Waals surface area contributed by atoms with Crippen molar-refractivity contribution in [1.29, 1.82) is 0 Å². The number of hydrogen-bond acceptors (Lipinski definition) is 2. The van der Waals surface area contributed by atoms with Crippen molar-refractivity contribution in [2.24, 2.45) is 0 Å². The molecule has 1 aromatic carbocycles. The quantitative estimate of drug-likeness (QED) is 0.628. The van der Waals surface area contributed by atoms with Crippen molar-refractivity contribution >= 4 is 30.9 Å². The van der Waals surface area contributed by atoms with E-state index in [1.165, 1.54) is 19.9 Å². The molecule has 0 aliphatic carbocycles. The fourth-order valence-electron chi connectivity index (χ4n) is 2.27. The van der Waals surface area contributed by atoms with Crippen molar-refractivity contribution in [3.05, 3.63) is 82.2 Å². The predicted molar refractivity (Wildman–Crippen MR) is 91.8 cm³/mol. The fourth-order valence-corrected chi connectivity index (χ4v) is 5.65. The second-order valence-corrected chi connectivity index (χ2v) is 8.39. The first-order valence-corrected chi connectivity index (χ1v) is 9.86. The molecule has 0 unspecified atom stereocenters. The van der Waals surface area contributed by atoms with Crippen molar-refractivity contribution in [2.45, 2.75) is 18.2 Å². The first kappa shape index (κ1) is 14.5. The van der Waals surface area contributed by atoms with Gasteiger partial charge in [0.25, 0.3) is 0 Å². The van der Waals surface area contributed by atoms with Gasteiger partial charge in [-0.15, -0.1) is 0 Å². The summed E-state index contributed by atoms with van der Waals surface area (Å²) in [6.45, 7) is 2.18.